The SMILES string of the molecule is CC1(N)CC2(CC2)C1.Cl. The van der Waals surface area contributed by atoms with Crippen LogP contribution < -0.4 is 5.73 Å². The van der Waals surface area contributed by atoms with Crippen molar-refractivity contribution in [3.8, 4) is 0 Å². The Morgan fingerprint density at radius 3 is 1.78 bits per heavy atom. The van der Waals surface area contributed by atoms with Gasteiger partial charge in [0.1, 0.15) is 0 Å². The van der Waals surface area contributed by atoms with Gasteiger partial charge in [0, 0.05) is 5.54 Å². The van der Waals surface area contributed by atoms with Crippen molar-refractivity contribution in [1.82, 2.24) is 0 Å². The van der Waals surface area contributed by atoms with Gasteiger partial charge in [0.15, 0.2) is 0 Å². The number of nitrogens with two attached hydrogens (primary N) is 1. The van der Waals surface area contributed by atoms with Crippen LogP contribution in [-0.2, 0) is 0 Å². The van der Waals surface area contributed by atoms with E-state index in [0.717, 1.165) is 5.41 Å². The van der Waals surface area contributed by atoms with Crippen LogP contribution in [0.3, 0.4) is 0 Å². The number of hydrogen-bond acceptors (Lipinski definition) is 1. The molecular weight excluding hydrogens is 134 g/mol. The molecule has 2 aliphatic carbocycles. The highest BCUT2D eigenvalue weighted by molar-refractivity contribution is 5.85. The Kier molecular flexibility index (Phi) is 1.34. The maximum atomic E-state index is 5.84. The molecule has 0 amide bonds. The molecule has 2 saturated carbocycles. The van der Waals surface area contributed by atoms with Crippen LogP contribution in [0.25, 0.3) is 0 Å². The molecule has 9 heavy (non-hydrogen) atoms. The molecule has 0 aromatic rings. The third-order valence-corrected chi connectivity index (χ3v) is 2.51. The molecule has 1 spiro atoms. The highest BCUT2D eigenvalue weighted by atomic mass is 35.5. The molecule has 0 radical (unpaired) electrons. The molecule has 0 aromatic heterocycles. The molecule has 2 fully saturated rings. The van der Waals surface area contributed by atoms with Crippen LogP contribution in [0.5, 0.6) is 0 Å². The zero-order valence-electron chi connectivity index (χ0n) is 5.81. The van der Waals surface area contributed by atoms with Crippen molar-refractivity contribution in [3.05, 3.63) is 0 Å². The summed E-state index contributed by atoms with van der Waals surface area (Å²) in [5.41, 5.74) is 6.84. The number of halogens is 1. The average molecular weight is 148 g/mol. The fourth-order valence-electron chi connectivity index (χ4n) is 2.19. The van der Waals surface area contributed by atoms with E-state index in [1.807, 2.05) is 0 Å². The highest BCUT2D eigenvalue weighted by Gasteiger charge is 2.56. The van der Waals surface area contributed by atoms with Crippen molar-refractivity contribution in [1.29, 1.82) is 0 Å². The van der Waals surface area contributed by atoms with Crippen LogP contribution in [-0.4, -0.2) is 5.54 Å². The Balaban J connectivity index is 0.000000405. The van der Waals surface area contributed by atoms with Crippen LogP contribution >= 0.6 is 12.4 Å². The van der Waals surface area contributed by atoms with Crippen molar-refractivity contribution in [3.63, 3.8) is 0 Å². The Bertz CT molecular complexity index is 115. The van der Waals surface area contributed by atoms with Gasteiger partial charge in [-0.1, -0.05) is 0 Å². The molecule has 0 unspecified atom stereocenters. The van der Waals surface area contributed by atoms with E-state index < -0.39 is 0 Å². The van der Waals surface area contributed by atoms with Crippen molar-refractivity contribution < 1.29 is 0 Å². The summed E-state index contributed by atoms with van der Waals surface area (Å²) in [6, 6.07) is 0. The van der Waals surface area contributed by atoms with Gasteiger partial charge in [0.2, 0.25) is 0 Å². The van der Waals surface area contributed by atoms with Gasteiger partial charge in [-0.2, -0.15) is 0 Å². The summed E-state index contributed by atoms with van der Waals surface area (Å²) >= 11 is 0. The Labute approximate surface area is 62.4 Å². The average Bonchev–Trinajstić information content (AvgIpc) is 2.12. The molecule has 2 aliphatic rings. The molecule has 0 bridgehead atoms. The first-order valence-electron chi connectivity index (χ1n) is 3.41. The molecule has 1 nitrogen and oxygen atoms in total. The van der Waals surface area contributed by atoms with Crippen LogP contribution in [0.2, 0.25) is 0 Å². The van der Waals surface area contributed by atoms with E-state index in [4.69, 9.17) is 5.73 Å². The highest BCUT2D eigenvalue weighted by Crippen LogP contribution is 2.63. The molecule has 2 N–H and O–H groups in total. The smallest absolute Gasteiger partial charge is 0.0136 e. The lowest BCUT2D eigenvalue weighted by Crippen LogP contribution is -2.50. The lowest BCUT2D eigenvalue weighted by Gasteiger charge is -2.43. The molecule has 2 heteroatoms. The summed E-state index contributed by atoms with van der Waals surface area (Å²) in [5.74, 6) is 0. The van der Waals surface area contributed by atoms with E-state index in [9.17, 15) is 0 Å². The van der Waals surface area contributed by atoms with Gasteiger partial charge in [-0.15, -0.1) is 12.4 Å². The first-order chi connectivity index (χ1) is 3.62. The van der Waals surface area contributed by atoms with E-state index in [2.05, 4.69) is 6.92 Å². The van der Waals surface area contributed by atoms with Crippen LogP contribution in [0.1, 0.15) is 32.6 Å². The van der Waals surface area contributed by atoms with E-state index >= 15 is 0 Å². The minimum absolute atomic E-state index is 0. The Hall–Kier alpha value is 0.250. The fraction of sp³-hybridized carbons (Fsp3) is 1.00. The third-order valence-electron chi connectivity index (χ3n) is 2.51. The molecule has 0 aromatic carbocycles. The minimum Gasteiger partial charge on any atom is -0.325 e. The second kappa shape index (κ2) is 1.64. The third kappa shape index (κ3) is 1.08. The van der Waals surface area contributed by atoms with Crippen LogP contribution in [0.15, 0.2) is 0 Å². The van der Waals surface area contributed by atoms with E-state index in [0.29, 0.717) is 0 Å². The van der Waals surface area contributed by atoms with Crippen molar-refractivity contribution >= 4 is 12.4 Å². The molecule has 54 valence electrons. The second-order valence-corrected chi connectivity index (χ2v) is 4.01. The second-order valence-electron chi connectivity index (χ2n) is 4.01. The standard InChI is InChI=1S/C7H13N.ClH/c1-6(8)4-7(5-6)2-3-7;/h2-5,8H2,1H3;1H. The summed E-state index contributed by atoms with van der Waals surface area (Å²) < 4.78 is 0. The maximum absolute atomic E-state index is 5.84. The molecule has 0 saturated heterocycles. The molecule has 0 atom stereocenters. The van der Waals surface area contributed by atoms with Crippen molar-refractivity contribution in [2.75, 3.05) is 0 Å². The fourth-order valence-corrected chi connectivity index (χ4v) is 2.19. The van der Waals surface area contributed by atoms with Crippen molar-refractivity contribution in [2.45, 2.75) is 38.1 Å². The quantitative estimate of drug-likeness (QED) is 0.555. The summed E-state index contributed by atoms with van der Waals surface area (Å²) in [4.78, 5) is 0. The molecular formula is C7H14ClN. The van der Waals surface area contributed by atoms with Crippen LogP contribution in [0.4, 0.5) is 0 Å². The number of rotatable bonds is 0. The topological polar surface area (TPSA) is 26.0 Å². The Morgan fingerprint density at radius 1 is 1.22 bits per heavy atom. The van der Waals surface area contributed by atoms with Gasteiger partial charge >= 0.3 is 0 Å². The van der Waals surface area contributed by atoms with Gasteiger partial charge in [0.05, 0.1) is 0 Å². The van der Waals surface area contributed by atoms with Gasteiger partial charge in [0.25, 0.3) is 0 Å². The van der Waals surface area contributed by atoms with E-state index in [1.54, 1.807) is 0 Å². The molecule has 0 heterocycles. The zero-order valence-corrected chi connectivity index (χ0v) is 6.63. The summed E-state index contributed by atoms with van der Waals surface area (Å²) in [6.07, 6.45) is 5.50. The lowest BCUT2D eigenvalue weighted by molar-refractivity contribution is 0.144. The summed E-state index contributed by atoms with van der Waals surface area (Å²) in [6.45, 7) is 2.16. The summed E-state index contributed by atoms with van der Waals surface area (Å²) in [5, 5.41) is 0. The van der Waals surface area contributed by atoms with Crippen molar-refractivity contribution in [2.24, 2.45) is 11.1 Å². The first-order valence-corrected chi connectivity index (χ1v) is 3.41. The van der Waals surface area contributed by atoms with E-state index in [1.165, 1.54) is 25.7 Å². The van der Waals surface area contributed by atoms with E-state index in [-0.39, 0.29) is 17.9 Å². The first kappa shape index (κ1) is 7.36. The molecule has 0 aliphatic heterocycles. The van der Waals surface area contributed by atoms with Gasteiger partial charge in [-0.3, -0.25) is 0 Å². The van der Waals surface area contributed by atoms with Gasteiger partial charge in [-0.05, 0) is 38.0 Å². The maximum Gasteiger partial charge on any atom is 0.0136 e. The minimum atomic E-state index is 0. The Morgan fingerprint density at radius 2 is 1.67 bits per heavy atom. The van der Waals surface area contributed by atoms with Crippen LogP contribution in [0, 0.1) is 5.41 Å². The van der Waals surface area contributed by atoms with Gasteiger partial charge in [-0.25, -0.2) is 0 Å². The van der Waals surface area contributed by atoms with Gasteiger partial charge < -0.3 is 5.73 Å². The summed E-state index contributed by atoms with van der Waals surface area (Å²) in [7, 11) is 0. The predicted octanol–water partition coefficient (Wildman–Crippen LogP) is 1.70. The predicted molar refractivity (Wildman–Crippen MR) is 40.7 cm³/mol. The zero-order chi connectivity index (χ0) is 5.83. The number of hydrogen-bond donors (Lipinski definition) is 1. The lowest BCUT2D eigenvalue weighted by atomic mass is 9.67. The normalized spacial score (nSPS) is 32.7. The monoisotopic (exact) mass is 147 g/mol. The largest absolute Gasteiger partial charge is 0.325 e. The molecule has 2 rings (SSSR count).